The zero-order valence-electron chi connectivity index (χ0n) is 15.0. The fourth-order valence-corrected chi connectivity index (χ4v) is 8.00. The summed E-state index contributed by atoms with van der Waals surface area (Å²) in [5.74, 6) is 4.77. The van der Waals surface area contributed by atoms with Crippen molar-refractivity contribution in [2.24, 2.45) is 40.4 Å². The highest BCUT2D eigenvalue weighted by Gasteiger charge is 2.60. The molecule has 0 unspecified atom stereocenters. The Morgan fingerprint density at radius 3 is 2.55 bits per heavy atom. The van der Waals surface area contributed by atoms with Gasteiger partial charge in [-0.2, -0.15) is 0 Å². The van der Waals surface area contributed by atoms with Crippen LogP contribution in [0.25, 0.3) is 0 Å². The Morgan fingerprint density at radius 1 is 0.955 bits per heavy atom. The lowest BCUT2D eigenvalue weighted by atomic mass is 9.43. The van der Waals surface area contributed by atoms with Gasteiger partial charge in [0.15, 0.2) is 0 Å². The summed E-state index contributed by atoms with van der Waals surface area (Å²) in [5.41, 5.74) is 1.24. The number of rotatable bonds is 1. The van der Waals surface area contributed by atoms with E-state index in [1.165, 1.54) is 51.4 Å². The predicted molar refractivity (Wildman–Crippen MR) is 91.5 cm³/mol. The molecule has 0 radical (unpaired) electrons. The van der Waals surface area contributed by atoms with Crippen LogP contribution < -0.4 is 0 Å². The highest BCUT2D eigenvalue weighted by molar-refractivity contribution is 5.09. The molecule has 4 saturated carbocycles. The van der Waals surface area contributed by atoms with E-state index >= 15 is 0 Å². The van der Waals surface area contributed by atoms with E-state index in [2.05, 4.69) is 20.8 Å². The molecule has 0 aromatic carbocycles. The lowest BCUT2D eigenvalue weighted by Crippen LogP contribution is -2.54. The van der Waals surface area contributed by atoms with E-state index in [-0.39, 0.29) is 6.10 Å². The molecule has 1 N–H and O–H groups in total. The minimum atomic E-state index is 0.00147. The first-order chi connectivity index (χ1) is 10.5. The first-order valence-electron chi connectivity index (χ1n) is 10.2. The van der Waals surface area contributed by atoms with Gasteiger partial charge < -0.3 is 5.11 Å². The van der Waals surface area contributed by atoms with Crippen LogP contribution in [0.1, 0.15) is 85.0 Å². The van der Waals surface area contributed by atoms with Gasteiger partial charge in [0.2, 0.25) is 0 Å². The maximum Gasteiger partial charge on any atom is 0.0543 e. The van der Waals surface area contributed by atoms with Gasteiger partial charge in [-0.25, -0.2) is 0 Å². The van der Waals surface area contributed by atoms with Crippen LogP contribution in [0.2, 0.25) is 0 Å². The van der Waals surface area contributed by atoms with Crippen LogP contribution >= 0.6 is 0 Å². The van der Waals surface area contributed by atoms with E-state index in [0.29, 0.717) is 10.8 Å². The number of aliphatic hydroxyl groups excluding tert-OH is 1. The van der Waals surface area contributed by atoms with Crippen molar-refractivity contribution in [1.82, 2.24) is 0 Å². The second-order valence-corrected chi connectivity index (χ2v) is 9.69. The lowest BCUT2D eigenvalue weighted by molar-refractivity contribution is -0.136. The normalized spacial score (nSPS) is 57.8. The maximum absolute atomic E-state index is 10.2. The minimum absolute atomic E-state index is 0.00147. The maximum atomic E-state index is 10.2. The Hall–Kier alpha value is -0.0400. The third-order valence-corrected chi connectivity index (χ3v) is 9.47. The quantitative estimate of drug-likeness (QED) is 0.686. The van der Waals surface area contributed by atoms with Gasteiger partial charge in [0.25, 0.3) is 0 Å². The van der Waals surface area contributed by atoms with Crippen LogP contribution in [0.4, 0.5) is 0 Å². The van der Waals surface area contributed by atoms with Gasteiger partial charge in [-0.1, -0.05) is 20.8 Å². The molecular formula is C21H36O. The molecule has 0 bridgehead atoms. The molecule has 0 spiro atoms. The molecule has 4 fully saturated rings. The van der Waals surface area contributed by atoms with Crippen molar-refractivity contribution in [2.45, 2.75) is 91.1 Å². The molecule has 4 aliphatic carbocycles. The van der Waals surface area contributed by atoms with Crippen LogP contribution in [0.5, 0.6) is 0 Å². The molecule has 1 heteroatoms. The van der Waals surface area contributed by atoms with Crippen molar-refractivity contribution in [3.63, 3.8) is 0 Å². The third-order valence-electron chi connectivity index (χ3n) is 9.47. The molecule has 0 aromatic heterocycles. The van der Waals surface area contributed by atoms with E-state index < -0.39 is 0 Å². The second kappa shape index (κ2) is 5.23. The Morgan fingerprint density at radius 2 is 1.77 bits per heavy atom. The number of aliphatic hydroxyl groups is 1. The highest BCUT2D eigenvalue weighted by Crippen LogP contribution is 2.68. The Kier molecular flexibility index (Phi) is 3.68. The van der Waals surface area contributed by atoms with Crippen molar-refractivity contribution < 1.29 is 5.11 Å². The molecule has 4 aliphatic rings. The van der Waals surface area contributed by atoms with E-state index in [9.17, 15) is 5.11 Å². The molecule has 8 atom stereocenters. The van der Waals surface area contributed by atoms with Crippen LogP contribution in [-0.2, 0) is 0 Å². The Balaban J connectivity index is 1.65. The molecule has 0 aliphatic heterocycles. The summed E-state index contributed by atoms with van der Waals surface area (Å²) in [7, 11) is 0. The van der Waals surface area contributed by atoms with Crippen LogP contribution in [-0.4, -0.2) is 11.2 Å². The summed E-state index contributed by atoms with van der Waals surface area (Å²) in [6, 6.07) is 0. The molecule has 0 amide bonds. The van der Waals surface area contributed by atoms with Crippen molar-refractivity contribution in [3.8, 4) is 0 Å². The second-order valence-electron chi connectivity index (χ2n) is 9.69. The monoisotopic (exact) mass is 304 g/mol. The average Bonchev–Trinajstić information content (AvgIpc) is 2.82. The van der Waals surface area contributed by atoms with Gasteiger partial charge >= 0.3 is 0 Å². The van der Waals surface area contributed by atoms with Crippen molar-refractivity contribution in [1.29, 1.82) is 0 Å². The van der Waals surface area contributed by atoms with Crippen LogP contribution in [0.15, 0.2) is 0 Å². The minimum Gasteiger partial charge on any atom is -0.393 e. The van der Waals surface area contributed by atoms with Crippen molar-refractivity contribution in [3.05, 3.63) is 0 Å². The van der Waals surface area contributed by atoms with Gasteiger partial charge in [-0.05, 0) is 105 Å². The summed E-state index contributed by atoms with van der Waals surface area (Å²) >= 11 is 0. The van der Waals surface area contributed by atoms with Gasteiger partial charge in [0, 0.05) is 0 Å². The van der Waals surface area contributed by atoms with Crippen LogP contribution in [0, 0.1) is 40.4 Å². The summed E-state index contributed by atoms with van der Waals surface area (Å²) in [6.07, 6.45) is 13.7. The summed E-state index contributed by atoms with van der Waals surface area (Å²) in [5, 5.41) is 10.2. The molecule has 22 heavy (non-hydrogen) atoms. The SMILES string of the molecule is CC[C@]12CC[C@@H](O)C[C@@H]1CC[C@H]1[C@@H]3CC[C@H](C)[C@@]3(C)CC[C@@H]12. The van der Waals surface area contributed by atoms with E-state index in [1.54, 1.807) is 0 Å². The fourth-order valence-electron chi connectivity index (χ4n) is 8.00. The predicted octanol–water partition coefficient (Wildman–Crippen LogP) is 5.42. The first kappa shape index (κ1) is 15.5. The zero-order valence-corrected chi connectivity index (χ0v) is 15.0. The molecular weight excluding hydrogens is 268 g/mol. The lowest BCUT2D eigenvalue weighted by Gasteiger charge is -2.62. The van der Waals surface area contributed by atoms with Gasteiger partial charge in [-0.15, -0.1) is 0 Å². The standard InChI is InChI=1S/C21H36O/c1-4-21-12-9-16(22)13-15(21)6-7-17-18-8-5-14(2)20(18,3)11-10-19(17)21/h14-19,22H,4-13H2,1-3H3/t14-,15-,16+,17-,18-,19-,20+,21-/m0/s1. The van der Waals surface area contributed by atoms with Crippen LogP contribution in [0.3, 0.4) is 0 Å². The third kappa shape index (κ3) is 1.93. The molecule has 4 rings (SSSR count). The average molecular weight is 305 g/mol. The number of hydrogen-bond acceptors (Lipinski definition) is 1. The van der Waals surface area contributed by atoms with E-state index in [1.807, 2.05) is 0 Å². The summed E-state index contributed by atoms with van der Waals surface area (Å²) in [6.45, 7) is 7.61. The summed E-state index contributed by atoms with van der Waals surface area (Å²) in [4.78, 5) is 0. The van der Waals surface area contributed by atoms with Crippen molar-refractivity contribution in [2.75, 3.05) is 0 Å². The van der Waals surface area contributed by atoms with Crippen molar-refractivity contribution >= 4 is 0 Å². The smallest absolute Gasteiger partial charge is 0.0543 e. The molecule has 126 valence electrons. The Labute approximate surface area is 137 Å². The molecule has 1 nitrogen and oxygen atoms in total. The topological polar surface area (TPSA) is 20.2 Å². The zero-order chi connectivity index (χ0) is 15.5. The van der Waals surface area contributed by atoms with Gasteiger partial charge in [0.1, 0.15) is 0 Å². The Bertz CT molecular complexity index is 432. The number of fused-ring (bicyclic) bond motifs is 5. The van der Waals surface area contributed by atoms with E-state index in [0.717, 1.165) is 42.4 Å². The molecule has 0 saturated heterocycles. The van der Waals surface area contributed by atoms with Gasteiger partial charge in [0.05, 0.1) is 6.10 Å². The largest absolute Gasteiger partial charge is 0.393 e. The number of hydrogen-bond donors (Lipinski definition) is 1. The molecule has 0 heterocycles. The van der Waals surface area contributed by atoms with Gasteiger partial charge in [-0.3, -0.25) is 0 Å². The molecule has 0 aromatic rings. The summed E-state index contributed by atoms with van der Waals surface area (Å²) < 4.78 is 0. The first-order valence-corrected chi connectivity index (χ1v) is 10.2. The highest BCUT2D eigenvalue weighted by atomic mass is 16.3. The van der Waals surface area contributed by atoms with E-state index in [4.69, 9.17) is 0 Å². The fraction of sp³-hybridized carbons (Fsp3) is 1.00.